The SMILES string of the molecule is CCc1cccc(C)c1NC(=O)C(CC)Sc1nc(-c2ccccc2)cc(-c2ccc(OC)cc2)c1C#N. The minimum Gasteiger partial charge on any atom is -0.497 e. The van der Waals surface area contributed by atoms with Crippen molar-refractivity contribution >= 4 is 23.4 Å². The molecule has 0 bridgehead atoms. The summed E-state index contributed by atoms with van der Waals surface area (Å²) in [7, 11) is 1.63. The summed E-state index contributed by atoms with van der Waals surface area (Å²) in [5, 5.41) is 13.5. The van der Waals surface area contributed by atoms with Crippen LogP contribution in [0.4, 0.5) is 5.69 Å². The Balaban J connectivity index is 1.76. The summed E-state index contributed by atoms with van der Waals surface area (Å²) < 4.78 is 5.32. The number of para-hydroxylation sites is 1. The predicted molar refractivity (Wildman–Crippen MR) is 155 cm³/mol. The van der Waals surface area contributed by atoms with Crippen molar-refractivity contribution in [3.05, 3.63) is 95.6 Å². The Morgan fingerprint density at radius 3 is 2.39 bits per heavy atom. The number of hydrogen-bond donors (Lipinski definition) is 1. The number of amides is 1. The van der Waals surface area contributed by atoms with E-state index in [4.69, 9.17) is 9.72 Å². The zero-order valence-electron chi connectivity index (χ0n) is 22.1. The summed E-state index contributed by atoms with van der Waals surface area (Å²) >= 11 is 1.34. The van der Waals surface area contributed by atoms with Gasteiger partial charge in [-0.25, -0.2) is 4.98 Å². The number of hydrogen-bond acceptors (Lipinski definition) is 5. The van der Waals surface area contributed by atoms with Crippen molar-refractivity contribution in [3.8, 4) is 34.2 Å². The molecule has 3 aromatic carbocycles. The van der Waals surface area contributed by atoms with E-state index in [1.54, 1.807) is 7.11 Å². The lowest BCUT2D eigenvalue weighted by Gasteiger charge is -2.19. The number of nitrogens with one attached hydrogen (secondary N) is 1. The average molecular weight is 522 g/mol. The van der Waals surface area contributed by atoms with E-state index in [0.29, 0.717) is 17.0 Å². The summed E-state index contributed by atoms with van der Waals surface area (Å²) in [6.07, 6.45) is 1.41. The van der Waals surface area contributed by atoms with E-state index >= 15 is 0 Å². The third-order valence-corrected chi connectivity index (χ3v) is 7.82. The van der Waals surface area contributed by atoms with Gasteiger partial charge in [0.25, 0.3) is 0 Å². The fourth-order valence-corrected chi connectivity index (χ4v) is 5.36. The molecule has 1 heterocycles. The van der Waals surface area contributed by atoms with Crippen LogP contribution < -0.4 is 10.1 Å². The number of nitrogens with zero attached hydrogens (tertiary/aromatic N) is 2. The molecule has 0 saturated carbocycles. The largest absolute Gasteiger partial charge is 0.497 e. The molecule has 0 fully saturated rings. The topological polar surface area (TPSA) is 75.0 Å². The van der Waals surface area contributed by atoms with Crippen molar-refractivity contribution < 1.29 is 9.53 Å². The number of carbonyl (C=O) groups excluding carboxylic acids is 1. The Bertz CT molecular complexity index is 1460. The highest BCUT2D eigenvalue weighted by Gasteiger charge is 2.24. The van der Waals surface area contributed by atoms with Crippen molar-refractivity contribution in [3.63, 3.8) is 0 Å². The van der Waals surface area contributed by atoms with Gasteiger partial charge in [-0.05, 0) is 54.7 Å². The van der Waals surface area contributed by atoms with Gasteiger partial charge in [0.05, 0.1) is 23.6 Å². The summed E-state index contributed by atoms with van der Waals surface area (Å²) in [6, 6.07) is 27.9. The number of carbonyl (C=O) groups is 1. The fraction of sp³-hybridized carbons (Fsp3) is 0.219. The number of methoxy groups -OCH3 is 1. The van der Waals surface area contributed by atoms with Crippen LogP contribution >= 0.6 is 11.8 Å². The van der Waals surface area contributed by atoms with Crippen LogP contribution in [0.3, 0.4) is 0 Å². The molecule has 0 saturated heterocycles. The molecule has 192 valence electrons. The molecule has 4 rings (SSSR count). The third-order valence-electron chi connectivity index (χ3n) is 6.47. The van der Waals surface area contributed by atoms with Crippen LogP contribution in [0.25, 0.3) is 22.4 Å². The average Bonchev–Trinajstić information content (AvgIpc) is 2.96. The molecule has 0 aliphatic heterocycles. The molecule has 1 N–H and O–H groups in total. The lowest BCUT2D eigenvalue weighted by molar-refractivity contribution is -0.115. The van der Waals surface area contributed by atoms with Crippen molar-refractivity contribution in [2.24, 2.45) is 0 Å². The van der Waals surface area contributed by atoms with Crippen molar-refractivity contribution in [1.82, 2.24) is 4.98 Å². The van der Waals surface area contributed by atoms with Crippen LogP contribution in [0.5, 0.6) is 5.75 Å². The lowest BCUT2D eigenvalue weighted by atomic mass is 9.99. The number of pyridine rings is 1. The molecule has 0 aliphatic rings. The zero-order chi connectivity index (χ0) is 27.1. The van der Waals surface area contributed by atoms with Crippen LogP contribution in [-0.4, -0.2) is 23.3 Å². The third kappa shape index (κ3) is 5.90. The summed E-state index contributed by atoms with van der Waals surface area (Å²) in [5.74, 6) is 0.646. The normalized spacial score (nSPS) is 11.4. The maximum atomic E-state index is 13.5. The van der Waals surface area contributed by atoms with Crippen LogP contribution in [0.1, 0.15) is 37.0 Å². The fourth-order valence-electron chi connectivity index (χ4n) is 4.33. The molecule has 0 radical (unpaired) electrons. The number of ether oxygens (including phenoxy) is 1. The van der Waals surface area contributed by atoms with E-state index < -0.39 is 5.25 Å². The van der Waals surface area contributed by atoms with E-state index in [2.05, 4.69) is 18.3 Å². The minimum absolute atomic E-state index is 0.0942. The molecule has 6 heteroatoms. The Kier molecular flexibility index (Phi) is 8.83. The van der Waals surface area contributed by atoms with Crippen molar-refractivity contribution in [1.29, 1.82) is 5.26 Å². The van der Waals surface area contributed by atoms with Gasteiger partial charge in [0.2, 0.25) is 5.91 Å². The molecule has 5 nitrogen and oxygen atoms in total. The maximum Gasteiger partial charge on any atom is 0.237 e. The number of aryl methyl sites for hydroxylation is 2. The highest BCUT2D eigenvalue weighted by atomic mass is 32.2. The van der Waals surface area contributed by atoms with E-state index in [-0.39, 0.29) is 5.91 Å². The highest BCUT2D eigenvalue weighted by Crippen LogP contribution is 2.37. The minimum atomic E-state index is -0.423. The van der Waals surface area contributed by atoms with E-state index in [0.717, 1.165) is 51.4 Å². The summed E-state index contributed by atoms with van der Waals surface area (Å²) in [6.45, 7) is 6.06. The molecule has 1 unspecified atom stereocenters. The molecule has 38 heavy (non-hydrogen) atoms. The highest BCUT2D eigenvalue weighted by molar-refractivity contribution is 8.00. The number of anilines is 1. The smallest absolute Gasteiger partial charge is 0.237 e. The van der Waals surface area contributed by atoms with Crippen LogP contribution in [-0.2, 0) is 11.2 Å². The summed E-state index contributed by atoms with van der Waals surface area (Å²) in [5.41, 5.74) is 6.80. The number of benzene rings is 3. The molecular formula is C32H31N3O2S. The number of aromatic nitrogens is 1. The Labute approximate surface area is 228 Å². The van der Waals surface area contributed by atoms with Gasteiger partial charge in [0.1, 0.15) is 16.8 Å². The van der Waals surface area contributed by atoms with Gasteiger partial charge in [-0.3, -0.25) is 4.79 Å². The van der Waals surface area contributed by atoms with Crippen LogP contribution in [0.15, 0.2) is 83.9 Å². The predicted octanol–water partition coefficient (Wildman–Crippen LogP) is 7.68. The van der Waals surface area contributed by atoms with Crippen LogP contribution in [0.2, 0.25) is 0 Å². The van der Waals surface area contributed by atoms with Gasteiger partial charge in [0.15, 0.2) is 0 Å². The van der Waals surface area contributed by atoms with Gasteiger partial charge >= 0.3 is 0 Å². The quantitative estimate of drug-likeness (QED) is 0.229. The van der Waals surface area contributed by atoms with Gasteiger partial charge in [-0.1, -0.05) is 86.3 Å². The number of thioether (sulfide) groups is 1. The molecule has 4 aromatic rings. The monoisotopic (exact) mass is 521 g/mol. The van der Waals surface area contributed by atoms with Gasteiger partial charge in [0, 0.05) is 16.8 Å². The number of nitriles is 1. The molecule has 1 atom stereocenters. The van der Waals surface area contributed by atoms with E-state index in [9.17, 15) is 10.1 Å². The Morgan fingerprint density at radius 1 is 1.03 bits per heavy atom. The summed E-state index contributed by atoms with van der Waals surface area (Å²) in [4.78, 5) is 18.4. The van der Waals surface area contributed by atoms with Gasteiger partial charge in [-0.2, -0.15) is 5.26 Å². The standard InChI is InChI=1S/C32H31N3O2S/c1-5-22-14-10-11-21(3)30(22)35-31(36)29(6-2)38-32-27(20-33)26(23-15-17-25(37-4)18-16-23)19-28(34-32)24-12-8-7-9-13-24/h7-19,29H,5-6H2,1-4H3,(H,35,36). The first-order valence-corrected chi connectivity index (χ1v) is 13.6. The first kappa shape index (κ1) is 27.0. The second-order valence-electron chi connectivity index (χ2n) is 8.91. The van der Waals surface area contributed by atoms with E-state index in [1.165, 1.54) is 11.8 Å². The molecular weight excluding hydrogens is 490 g/mol. The number of rotatable bonds is 9. The second-order valence-corrected chi connectivity index (χ2v) is 10.1. The van der Waals surface area contributed by atoms with Crippen molar-refractivity contribution in [2.45, 2.75) is 43.9 Å². The second kappa shape index (κ2) is 12.4. The molecule has 1 amide bonds. The Hall–Kier alpha value is -4.08. The first-order valence-electron chi connectivity index (χ1n) is 12.7. The maximum absolute atomic E-state index is 13.5. The lowest BCUT2D eigenvalue weighted by Crippen LogP contribution is -2.26. The molecule has 0 aliphatic carbocycles. The molecule has 0 spiro atoms. The first-order chi connectivity index (χ1) is 18.5. The van der Waals surface area contributed by atoms with Gasteiger partial charge < -0.3 is 10.1 Å². The van der Waals surface area contributed by atoms with E-state index in [1.807, 2.05) is 92.7 Å². The van der Waals surface area contributed by atoms with Crippen molar-refractivity contribution in [2.75, 3.05) is 12.4 Å². The van der Waals surface area contributed by atoms with Gasteiger partial charge in [-0.15, -0.1) is 0 Å². The molecule has 1 aromatic heterocycles. The zero-order valence-corrected chi connectivity index (χ0v) is 22.9. The van der Waals surface area contributed by atoms with Crippen LogP contribution in [0, 0.1) is 18.3 Å². The Morgan fingerprint density at radius 2 is 1.76 bits per heavy atom.